The zero-order valence-electron chi connectivity index (χ0n) is 18.0. The summed E-state index contributed by atoms with van der Waals surface area (Å²) in [6, 6.07) is 10.1. The third-order valence-corrected chi connectivity index (χ3v) is 5.68. The number of methoxy groups -OCH3 is 4. The Labute approximate surface area is 187 Å². The summed E-state index contributed by atoms with van der Waals surface area (Å²) in [5.74, 6) is -0.313. The molecule has 0 radical (unpaired) electrons. The molecule has 9 nitrogen and oxygen atoms in total. The summed E-state index contributed by atoms with van der Waals surface area (Å²) < 4.78 is 22.3. The number of thiazole rings is 1. The highest BCUT2D eigenvalue weighted by atomic mass is 32.1. The fourth-order valence-electron chi connectivity index (χ4n) is 3.06. The van der Waals surface area contributed by atoms with Gasteiger partial charge in [-0.2, -0.15) is 4.99 Å². The molecule has 3 aromatic rings. The Hall–Kier alpha value is -3.66. The maximum Gasteiger partial charge on any atom is 0.337 e. The topological polar surface area (TPSA) is 105 Å². The first-order valence-electron chi connectivity index (χ1n) is 9.47. The summed E-state index contributed by atoms with van der Waals surface area (Å²) in [6.07, 6.45) is 0.0280. The lowest BCUT2D eigenvalue weighted by molar-refractivity contribution is -0.141. The summed E-state index contributed by atoms with van der Waals surface area (Å²) in [7, 11) is 5.63. The van der Waals surface area contributed by atoms with Crippen molar-refractivity contribution in [2.75, 3.05) is 28.4 Å². The van der Waals surface area contributed by atoms with E-state index in [9.17, 15) is 14.4 Å². The normalized spacial score (nSPS) is 11.3. The van der Waals surface area contributed by atoms with Crippen LogP contribution in [0.4, 0.5) is 0 Å². The number of hydrogen-bond acceptors (Lipinski definition) is 8. The van der Waals surface area contributed by atoms with Crippen molar-refractivity contribution < 1.29 is 33.3 Å². The fourth-order valence-corrected chi connectivity index (χ4v) is 4.15. The van der Waals surface area contributed by atoms with E-state index in [0.717, 1.165) is 0 Å². The average Bonchev–Trinajstić information content (AvgIpc) is 3.13. The van der Waals surface area contributed by atoms with Crippen molar-refractivity contribution in [1.29, 1.82) is 0 Å². The minimum absolute atomic E-state index is 0.0280. The van der Waals surface area contributed by atoms with Gasteiger partial charge in [-0.3, -0.25) is 9.59 Å². The van der Waals surface area contributed by atoms with E-state index in [4.69, 9.17) is 18.9 Å². The molecule has 2 aromatic carbocycles. The van der Waals surface area contributed by atoms with Gasteiger partial charge in [0.05, 0.1) is 50.6 Å². The molecule has 0 fully saturated rings. The number of amides is 1. The van der Waals surface area contributed by atoms with Crippen molar-refractivity contribution in [2.45, 2.75) is 13.0 Å². The van der Waals surface area contributed by atoms with Gasteiger partial charge in [0, 0.05) is 0 Å². The lowest BCUT2D eigenvalue weighted by Gasteiger charge is -2.08. The number of ether oxygens (including phenoxy) is 4. The lowest BCUT2D eigenvalue weighted by atomic mass is 10.1. The molecule has 3 rings (SSSR count). The molecule has 1 heterocycles. The zero-order chi connectivity index (χ0) is 23.3. The van der Waals surface area contributed by atoms with Crippen LogP contribution in [0.3, 0.4) is 0 Å². The first kappa shape index (κ1) is 23.0. The van der Waals surface area contributed by atoms with Crippen LogP contribution in [0.1, 0.15) is 15.9 Å². The van der Waals surface area contributed by atoms with Gasteiger partial charge in [-0.05, 0) is 35.9 Å². The smallest absolute Gasteiger partial charge is 0.337 e. The molecule has 168 valence electrons. The van der Waals surface area contributed by atoms with Gasteiger partial charge < -0.3 is 23.5 Å². The van der Waals surface area contributed by atoms with Crippen LogP contribution in [-0.2, 0) is 32.0 Å². The van der Waals surface area contributed by atoms with Crippen LogP contribution < -0.4 is 14.3 Å². The maximum atomic E-state index is 12.7. The van der Waals surface area contributed by atoms with Crippen LogP contribution in [0.2, 0.25) is 0 Å². The quantitative estimate of drug-likeness (QED) is 0.501. The van der Waals surface area contributed by atoms with E-state index in [2.05, 4.69) is 4.99 Å². The molecule has 0 aliphatic rings. The first-order valence-corrected chi connectivity index (χ1v) is 10.3. The molecule has 0 aliphatic carbocycles. The number of rotatable bonds is 7. The number of carbonyl (C=O) groups excluding carboxylic acids is 3. The van der Waals surface area contributed by atoms with E-state index in [0.29, 0.717) is 37.6 Å². The molecular formula is C22H22N2O7S. The van der Waals surface area contributed by atoms with E-state index in [1.165, 1.54) is 39.8 Å². The molecule has 10 heteroatoms. The number of fused-ring (bicyclic) bond motifs is 1. The Morgan fingerprint density at radius 2 is 1.69 bits per heavy atom. The molecule has 1 aromatic heterocycles. The SMILES string of the molecule is COC(=O)Cn1c(=NC(=O)Cc2ccc(OC)c(OC)c2)sc2cc(C(=O)OC)ccc21. The molecule has 32 heavy (non-hydrogen) atoms. The highest BCUT2D eigenvalue weighted by Gasteiger charge is 2.15. The van der Waals surface area contributed by atoms with Gasteiger partial charge >= 0.3 is 11.9 Å². The van der Waals surface area contributed by atoms with E-state index in [1.54, 1.807) is 41.0 Å². The van der Waals surface area contributed by atoms with Crippen molar-refractivity contribution in [2.24, 2.45) is 4.99 Å². The van der Waals surface area contributed by atoms with Gasteiger partial charge in [0.25, 0.3) is 5.91 Å². The molecule has 0 saturated heterocycles. The molecule has 0 bridgehead atoms. The summed E-state index contributed by atoms with van der Waals surface area (Å²) in [5, 5.41) is 0. The minimum Gasteiger partial charge on any atom is -0.493 e. The number of aromatic nitrogens is 1. The molecule has 0 aliphatic heterocycles. The Morgan fingerprint density at radius 3 is 2.34 bits per heavy atom. The van der Waals surface area contributed by atoms with Gasteiger partial charge in [0.2, 0.25) is 0 Å². The summed E-state index contributed by atoms with van der Waals surface area (Å²) in [6.45, 7) is -0.128. The van der Waals surface area contributed by atoms with Crippen molar-refractivity contribution >= 4 is 39.4 Å². The third-order valence-electron chi connectivity index (χ3n) is 4.64. The predicted molar refractivity (Wildman–Crippen MR) is 117 cm³/mol. The number of esters is 2. The molecule has 1 amide bonds. The largest absolute Gasteiger partial charge is 0.493 e. The van der Waals surface area contributed by atoms with Crippen LogP contribution in [0.25, 0.3) is 10.2 Å². The summed E-state index contributed by atoms with van der Waals surface area (Å²) in [4.78, 5) is 41.0. The van der Waals surface area contributed by atoms with Crippen LogP contribution in [0.15, 0.2) is 41.4 Å². The first-order chi connectivity index (χ1) is 15.4. The molecule has 0 spiro atoms. The number of carbonyl (C=O) groups is 3. The van der Waals surface area contributed by atoms with E-state index in [-0.39, 0.29) is 13.0 Å². The van der Waals surface area contributed by atoms with Gasteiger partial charge in [-0.15, -0.1) is 0 Å². The minimum atomic E-state index is -0.490. The number of benzene rings is 2. The fraction of sp³-hybridized carbons (Fsp3) is 0.273. The van der Waals surface area contributed by atoms with Crippen LogP contribution in [-0.4, -0.2) is 50.9 Å². The molecule has 0 unspecified atom stereocenters. The summed E-state index contributed by atoms with van der Waals surface area (Å²) in [5.41, 5.74) is 1.70. The molecule has 0 N–H and O–H groups in total. The van der Waals surface area contributed by atoms with Crippen molar-refractivity contribution in [3.63, 3.8) is 0 Å². The van der Waals surface area contributed by atoms with Crippen LogP contribution in [0.5, 0.6) is 11.5 Å². The van der Waals surface area contributed by atoms with E-state index in [1.807, 2.05) is 0 Å². The predicted octanol–water partition coefficient (Wildman–Crippen LogP) is 2.35. The van der Waals surface area contributed by atoms with Crippen molar-refractivity contribution in [1.82, 2.24) is 4.57 Å². The summed E-state index contributed by atoms with van der Waals surface area (Å²) >= 11 is 1.19. The standard InChI is InChI=1S/C22H22N2O7S/c1-28-16-8-5-13(9-17(16)29-2)10-19(25)23-22-24(12-20(26)30-3)15-7-6-14(21(27)31-4)11-18(15)32-22/h5-9,11H,10,12H2,1-4H3. The Bertz CT molecular complexity index is 1240. The highest BCUT2D eigenvalue weighted by molar-refractivity contribution is 7.16. The lowest BCUT2D eigenvalue weighted by Crippen LogP contribution is -2.22. The van der Waals surface area contributed by atoms with Gasteiger partial charge in [-0.25, -0.2) is 4.79 Å². The Balaban J connectivity index is 2.01. The molecule has 0 atom stereocenters. The van der Waals surface area contributed by atoms with Crippen LogP contribution in [0, 0.1) is 0 Å². The average molecular weight is 458 g/mol. The second-order valence-corrected chi connectivity index (χ2v) is 7.60. The maximum absolute atomic E-state index is 12.7. The van der Waals surface area contributed by atoms with Crippen LogP contribution >= 0.6 is 11.3 Å². The van der Waals surface area contributed by atoms with Gasteiger partial charge in [0.1, 0.15) is 6.54 Å². The third kappa shape index (κ3) is 4.97. The second-order valence-electron chi connectivity index (χ2n) is 6.59. The molecule has 0 saturated carbocycles. The Morgan fingerprint density at radius 1 is 0.938 bits per heavy atom. The zero-order valence-corrected chi connectivity index (χ0v) is 18.9. The number of nitrogens with zero attached hydrogens (tertiary/aromatic N) is 2. The second kappa shape index (κ2) is 10.1. The van der Waals surface area contributed by atoms with E-state index >= 15 is 0 Å². The van der Waals surface area contributed by atoms with E-state index < -0.39 is 17.8 Å². The van der Waals surface area contributed by atoms with Crippen molar-refractivity contribution in [3.05, 3.63) is 52.3 Å². The van der Waals surface area contributed by atoms with Gasteiger partial charge in [0.15, 0.2) is 16.3 Å². The van der Waals surface area contributed by atoms with Gasteiger partial charge in [-0.1, -0.05) is 17.4 Å². The number of hydrogen-bond donors (Lipinski definition) is 0. The molecular weight excluding hydrogens is 436 g/mol. The monoisotopic (exact) mass is 458 g/mol. The highest BCUT2D eigenvalue weighted by Crippen LogP contribution is 2.27. The Kier molecular flexibility index (Phi) is 7.26. The van der Waals surface area contributed by atoms with Crippen molar-refractivity contribution in [3.8, 4) is 11.5 Å².